The van der Waals surface area contributed by atoms with Crippen LogP contribution in [0.15, 0.2) is 48.5 Å². The van der Waals surface area contributed by atoms with E-state index in [0.717, 1.165) is 17.0 Å². The number of hydrogen-bond acceptors (Lipinski definition) is 4. The Balaban J connectivity index is 1.43. The number of methoxy groups -OCH3 is 1. The van der Waals surface area contributed by atoms with Crippen molar-refractivity contribution in [1.82, 2.24) is 9.80 Å². The van der Waals surface area contributed by atoms with Gasteiger partial charge in [0, 0.05) is 31.9 Å². The Hall–Kier alpha value is -2.86. The second kappa shape index (κ2) is 10.3. The Labute approximate surface area is 178 Å². The quantitative estimate of drug-likeness (QED) is 0.763. The molecule has 1 aliphatic heterocycles. The van der Waals surface area contributed by atoms with Gasteiger partial charge in [0.2, 0.25) is 11.8 Å². The van der Waals surface area contributed by atoms with Gasteiger partial charge in [-0.15, -0.1) is 0 Å². The number of nitrogens with zero attached hydrogens (tertiary/aromatic N) is 2. The largest absolute Gasteiger partial charge is 0.497 e. The highest BCUT2D eigenvalue weighted by molar-refractivity contribution is 5.92. The van der Waals surface area contributed by atoms with Crippen LogP contribution in [0.5, 0.6) is 5.75 Å². The van der Waals surface area contributed by atoms with Gasteiger partial charge in [-0.3, -0.25) is 14.5 Å². The zero-order valence-electron chi connectivity index (χ0n) is 18.1. The van der Waals surface area contributed by atoms with Crippen LogP contribution in [-0.2, 0) is 16.0 Å². The van der Waals surface area contributed by atoms with Gasteiger partial charge in [0.05, 0.1) is 20.1 Å². The molecule has 30 heavy (non-hydrogen) atoms. The van der Waals surface area contributed by atoms with Crippen LogP contribution < -0.4 is 10.1 Å². The van der Waals surface area contributed by atoms with Crippen molar-refractivity contribution >= 4 is 17.5 Å². The molecule has 0 aromatic heterocycles. The number of amides is 2. The number of carbonyl (C=O) groups is 2. The number of anilines is 1. The van der Waals surface area contributed by atoms with Gasteiger partial charge < -0.3 is 15.0 Å². The summed E-state index contributed by atoms with van der Waals surface area (Å²) in [5, 5.41) is 2.96. The molecule has 6 heteroatoms. The van der Waals surface area contributed by atoms with E-state index >= 15 is 0 Å². The maximum Gasteiger partial charge on any atom is 0.238 e. The van der Waals surface area contributed by atoms with Crippen molar-refractivity contribution in [1.29, 1.82) is 0 Å². The monoisotopic (exact) mass is 409 g/mol. The molecule has 2 amide bonds. The lowest BCUT2D eigenvalue weighted by Crippen LogP contribution is -2.50. The van der Waals surface area contributed by atoms with Gasteiger partial charge in [-0.1, -0.05) is 38.1 Å². The second-order valence-corrected chi connectivity index (χ2v) is 8.01. The Bertz CT molecular complexity index is 856. The predicted octanol–water partition coefficient (Wildman–Crippen LogP) is 3.14. The third kappa shape index (κ3) is 6.07. The maximum absolute atomic E-state index is 12.6. The molecule has 1 N–H and O–H groups in total. The normalized spacial score (nSPS) is 14.6. The van der Waals surface area contributed by atoms with Crippen molar-refractivity contribution in [2.75, 3.05) is 45.2 Å². The van der Waals surface area contributed by atoms with Gasteiger partial charge in [-0.25, -0.2) is 0 Å². The van der Waals surface area contributed by atoms with Crippen LogP contribution in [0.2, 0.25) is 0 Å². The first-order valence-electron chi connectivity index (χ1n) is 10.5. The number of nitrogens with one attached hydrogen (secondary N) is 1. The molecule has 0 atom stereocenters. The summed E-state index contributed by atoms with van der Waals surface area (Å²) in [5.41, 5.74) is 3.02. The Morgan fingerprint density at radius 3 is 2.37 bits per heavy atom. The van der Waals surface area contributed by atoms with Gasteiger partial charge in [0.15, 0.2) is 0 Å². The van der Waals surface area contributed by atoms with Crippen molar-refractivity contribution in [2.24, 2.45) is 0 Å². The minimum atomic E-state index is -0.0246. The molecule has 0 aliphatic carbocycles. The summed E-state index contributed by atoms with van der Waals surface area (Å²) in [5.74, 6) is 1.31. The summed E-state index contributed by atoms with van der Waals surface area (Å²) >= 11 is 0. The SMILES string of the molecule is COc1cccc(CC(=O)N2CCN(CC(=O)Nc3ccc(C(C)C)cc3)CC2)c1. The fourth-order valence-corrected chi connectivity index (χ4v) is 3.58. The molecule has 160 valence electrons. The van der Waals surface area contributed by atoms with Crippen molar-refractivity contribution < 1.29 is 14.3 Å². The Morgan fingerprint density at radius 1 is 1.03 bits per heavy atom. The Kier molecular flexibility index (Phi) is 7.46. The molecule has 0 saturated carbocycles. The molecule has 0 spiro atoms. The van der Waals surface area contributed by atoms with E-state index in [1.54, 1.807) is 7.11 Å². The average Bonchev–Trinajstić information content (AvgIpc) is 2.74. The van der Waals surface area contributed by atoms with Crippen LogP contribution in [0.3, 0.4) is 0 Å². The summed E-state index contributed by atoms with van der Waals surface area (Å²) in [4.78, 5) is 28.9. The topological polar surface area (TPSA) is 61.9 Å². The third-order valence-corrected chi connectivity index (χ3v) is 5.44. The zero-order chi connectivity index (χ0) is 21.5. The van der Waals surface area contributed by atoms with Crippen LogP contribution >= 0.6 is 0 Å². The van der Waals surface area contributed by atoms with E-state index in [2.05, 4.69) is 24.1 Å². The van der Waals surface area contributed by atoms with Crippen LogP contribution in [-0.4, -0.2) is 61.4 Å². The van der Waals surface area contributed by atoms with E-state index in [9.17, 15) is 9.59 Å². The number of benzene rings is 2. The average molecular weight is 410 g/mol. The number of rotatable bonds is 7. The van der Waals surface area contributed by atoms with E-state index in [-0.39, 0.29) is 11.8 Å². The van der Waals surface area contributed by atoms with Crippen LogP contribution in [0, 0.1) is 0 Å². The number of ether oxygens (including phenoxy) is 1. The highest BCUT2D eigenvalue weighted by Gasteiger charge is 2.22. The van der Waals surface area contributed by atoms with Gasteiger partial charge in [0.1, 0.15) is 5.75 Å². The maximum atomic E-state index is 12.6. The molecule has 0 bridgehead atoms. The molecule has 1 heterocycles. The van der Waals surface area contributed by atoms with Crippen molar-refractivity contribution in [2.45, 2.75) is 26.2 Å². The molecule has 3 rings (SSSR count). The fourth-order valence-electron chi connectivity index (χ4n) is 3.58. The van der Waals surface area contributed by atoms with Crippen molar-refractivity contribution in [3.63, 3.8) is 0 Å². The minimum absolute atomic E-state index is 0.0246. The molecule has 1 fully saturated rings. The van der Waals surface area contributed by atoms with Crippen LogP contribution in [0.4, 0.5) is 5.69 Å². The first-order chi connectivity index (χ1) is 14.4. The van der Waals surface area contributed by atoms with Crippen molar-refractivity contribution in [3.05, 3.63) is 59.7 Å². The van der Waals surface area contributed by atoms with Gasteiger partial charge in [0.25, 0.3) is 0 Å². The predicted molar refractivity (Wildman–Crippen MR) is 119 cm³/mol. The lowest BCUT2D eigenvalue weighted by molar-refractivity contribution is -0.132. The smallest absolute Gasteiger partial charge is 0.238 e. The molecule has 0 unspecified atom stereocenters. The Morgan fingerprint density at radius 2 is 1.73 bits per heavy atom. The standard InChI is InChI=1S/C24H31N3O3/c1-18(2)20-7-9-21(10-8-20)25-23(28)17-26-11-13-27(14-12-26)24(29)16-19-5-4-6-22(15-19)30-3/h4-10,15,18H,11-14,16-17H2,1-3H3,(H,25,28). The summed E-state index contributed by atoms with van der Waals surface area (Å²) in [7, 11) is 1.62. The first kappa shape index (κ1) is 21.8. The molecule has 1 saturated heterocycles. The highest BCUT2D eigenvalue weighted by atomic mass is 16.5. The van der Waals surface area contributed by atoms with E-state index in [4.69, 9.17) is 4.74 Å². The number of hydrogen-bond donors (Lipinski definition) is 1. The lowest BCUT2D eigenvalue weighted by Gasteiger charge is -2.34. The number of carbonyl (C=O) groups excluding carboxylic acids is 2. The third-order valence-electron chi connectivity index (χ3n) is 5.44. The van der Waals surface area contributed by atoms with E-state index < -0.39 is 0 Å². The summed E-state index contributed by atoms with van der Waals surface area (Å²) < 4.78 is 5.22. The molecule has 1 aliphatic rings. The van der Waals surface area contributed by atoms with Crippen molar-refractivity contribution in [3.8, 4) is 5.75 Å². The molecular formula is C24H31N3O3. The van der Waals surface area contributed by atoms with Gasteiger partial charge in [-0.2, -0.15) is 0 Å². The summed E-state index contributed by atoms with van der Waals surface area (Å²) in [6.45, 7) is 7.30. The summed E-state index contributed by atoms with van der Waals surface area (Å²) in [6, 6.07) is 15.6. The first-order valence-corrected chi connectivity index (χ1v) is 10.5. The van der Waals surface area contributed by atoms with E-state index in [1.165, 1.54) is 5.56 Å². The highest BCUT2D eigenvalue weighted by Crippen LogP contribution is 2.17. The number of piperazine rings is 1. The van der Waals surface area contributed by atoms with Gasteiger partial charge in [-0.05, 0) is 41.3 Å². The molecule has 2 aromatic carbocycles. The van der Waals surface area contributed by atoms with Crippen LogP contribution in [0.25, 0.3) is 0 Å². The van der Waals surface area contributed by atoms with E-state index in [1.807, 2.05) is 53.4 Å². The molecular weight excluding hydrogens is 378 g/mol. The second-order valence-electron chi connectivity index (χ2n) is 8.01. The van der Waals surface area contributed by atoms with Gasteiger partial charge >= 0.3 is 0 Å². The molecule has 2 aromatic rings. The van der Waals surface area contributed by atoms with E-state index in [0.29, 0.717) is 45.1 Å². The molecule has 0 radical (unpaired) electrons. The zero-order valence-corrected chi connectivity index (χ0v) is 18.1. The minimum Gasteiger partial charge on any atom is -0.497 e. The lowest BCUT2D eigenvalue weighted by atomic mass is 10.0. The summed E-state index contributed by atoms with van der Waals surface area (Å²) in [6.07, 6.45) is 0.365. The fraction of sp³-hybridized carbons (Fsp3) is 0.417. The van der Waals surface area contributed by atoms with Crippen LogP contribution in [0.1, 0.15) is 30.9 Å². The molecule has 6 nitrogen and oxygen atoms in total.